The smallest absolute Gasteiger partial charge is 0.481 e. The number of anilines is 1. The third-order valence-electron chi connectivity index (χ3n) is 3.52. The van der Waals surface area contributed by atoms with Crippen molar-refractivity contribution in [2.45, 2.75) is 13.3 Å². The predicted molar refractivity (Wildman–Crippen MR) is 94.8 cm³/mol. The second-order valence-electron chi connectivity index (χ2n) is 5.47. The second-order valence-corrected chi connectivity index (χ2v) is 5.47. The Morgan fingerprint density at radius 1 is 0.893 bits per heavy atom. The van der Waals surface area contributed by atoms with Crippen molar-refractivity contribution in [3.63, 3.8) is 0 Å². The number of ether oxygens (including phenoxy) is 4. The third-order valence-corrected chi connectivity index (χ3v) is 3.52. The molecule has 0 fully saturated rings. The normalized spacial score (nSPS) is 10.1. The number of rotatable bonds is 5. The number of methoxy groups -OCH3 is 2. The van der Waals surface area contributed by atoms with Crippen molar-refractivity contribution in [3.8, 4) is 22.6 Å². The van der Waals surface area contributed by atoms with Gasteiger partial charge in [-0.3, -0.25) is 9.59 Å². The molecule has 0 aliphatic heterocycles. The van der Waals surface area contributed by atoms with Gasteiger partial charge in [0.15, 0.2) is 11.5 Å². The van der Waals surface area contributed by atoms with Crippen LogP contribution in [0.1, 0.15) is 12.5 Å². The van der Waals surface area contributed by atoms with Crippen LogP contribution in [0.3, 0.4) is 0 Å². The minimum atomic E-state index is -1.07. The molecule has 0 aromatic heterocycles. The van der Waals surface area contributed by atoms with E-state index in [1.54, 1.807) is 0 Å². The zero-order valence-electron chi connectivity index (χ0n) is 15.2. The Morgan fingerprint density at radius 3 is 1.71 bits per heavy atom. The van der Waals surface area contributed by atoms with Crippen LogP contribution in [-0.2, 0) is 25.5 Å². The Bertz CT molecular complexity index is 851. The first kappa shape index (κ1) is 20.5. The molecule has 0 spiro atoms. The average molecular weight is 391 g/mol. The summed E-state index contributed by atoms with van der Waals surface area (Å²) in [5, 5.41) is 11.4. The van der Waals surface area contributed by atoms with E-state index in [4.69, 9.17) is 14.6 Å². The molecule has 2 aliphatic carbocycles. The van der Waals surface area contributed by atoms with E-state index < -0.39 is 24.2 Å². The Balaban J connectivity index is 2.74. The first-order valence-electron chi connectivity index (χ1n) is 7.86. The van der Waals surface area contributed by atoms with Gasteiger partial charge in [-0.2, -0.15) is 0 Å². The molecule has 148 valence electrons. The number of amides is 1. The molecule has 2 aliphatic rings. The van der Waals surface area contributed by atoms with Crippen molar-refractivity contribution in [2.24, 2.45) is 0 Å². The highest BCUT2D eigenvalue weighted by Gasteiger charge is 2.30. The molecule has 2 N–H and O–H groups in total. The Labute approximate surface area is 159 Å². The summed E-state index contributed by atoms with van der Waals surface area (Å²) in [5.74, 6) is -1.82. The van der Waals surface area contributed by atoms with E-state index in [1.807, 2.05) is 0 Å². The number of carboxylic acids is 1. The lowest BCUT2D eigenvalue weighted by atomic mass is 10.2. The SMILES string of the molecule is COC(=O)Oc1c2ccc(CC(=O)O)ccc-2c(OC(=O)OC)c1NC(C)=O. The number of hydrogen-bond donors (Lipinski definition) is 2. The standard InChI is InChI=1S/C18H17NO9/c1-9(20)19-14-15(27-17(23)25-2)11-6-4-10(8-13(21)22)5-7-12(11)16(14)28-18(24)26-3/h4-7H,8H2,1-3H3,(H,19,20)(H,21,22). The molecule has 10 heteroatoms. The molecule has 0 aromatic carbocycles. The molecule has 1 amide bonds. The summed E-state index contributed by atoms with van der Waals surface area (Å²) < 4.78 is 19.3. The fourth-order valence-electron chi connectivity index (χ4n) is 2.43. The third kappa shape index (κ3) is 4.67. The minimum Gasteiger partial charge on any atom is -0.481 e. The first-order valence-corrected chi connectivity index (χ1v) is 7.86. The lowest BCUT2D eigenvalue weighted by Gasteiger charge is -2.08. The molecule has 0 unspecified atom stereocenters. The summed E-state index contributed by atoms with van der Waals surface area (Å²) in [5.41, 5.74) is 0.900. The van der Waals surface area contributed by atoms with Crippen LogP contribution in [-0.4, -0.2) is 43.5 Å². The first-order chi connectivity index (χ1) is 13.3. The number of carbonyl (C=O) groups is 4. The summed E-state index contributed by atoms with van der Waals surface area (Å²) >= 11 is 0. The van der Waals surface area contributed by atoms with E-state index in [2.05, 4.69) is 14.8 Å². The molecule has 0 heterocycles. The summed E-state index contributed by atoms with van der Waals surface area (Å²) in [7, 11) is 2.20. The molecule has 2 rings (SSSR count). The maximum Gasteiger partial charge on any atom is 0.513 e. The van der Waals surface area contributed by atoms with Gasteiger partial charge in [-0.05, 0) is 5.56 Å². The topological polar surface area (TPSA) is 137 Å². The van der Waals surface area contributed by atoms with Crippen molar-refractivity contribution in [1.29, 1.82) is 0 Å². The van der Waals surface area contributed by atoms with Gasteiger partial charge in [0.25, 0.3) is 0 Å². The fraction of sp³-hybridized carbons (Fsp3) is 0.222. The lowest BCUT2D eigenvalue weighted by molar-refractivity contribution is -0.136. The largest absolute Gasteiger partial charge is 0.513 e. The zero-order valence-corrected chi connectivity index (χ0v) is 15.2. The molecule has 28 heavy (non-hydrogen) atoms. The van der Waals surface area contributed by atoms with Gasteiger partial charge < -0.3 is 29.4 Å². The van der Waals surface area contributed by atoms with E-state index in [0.29, 0.717) is 5.56 Å². The monoisotopic (exact) mass is 391 g/mol. The number of carbonyl (C=O) groups excluding carboxylic acids is 3. The van der Waals surface area contributed by atoms with Gasteiger partial charge in [-0.25, -0.2) is 9.59 Å². The van der Waals surface area contributed by atoms with Crippen LogP contribution in [0.4, 0.5) is 15.3 Å². The summed E-state index contributed by atoms with van der Waals surface area (Å²) in [6.45, 7) is 1.21. The fourth-order valence-corrected chi connectivity index (χ4v) is 2.43. The number of fused-ring (bicyclic) bond motifs is 1. The van der Waals surface area contributed by atoms with Crippen LogP contribution < -0.4 is 14.8 Å². The molecule has 0 aromatic rings. The Kier molecular flexibility index (Phi) is 6.38. The quantitative estimate of drug-likeness (QED) is 0.737. The second kappa shape index (κ2) is 8.71. The van der Waals surface area contributed by atoms with Gasteiger partial charge >= 0.3 is 18.3 Å². The molecule has 0 atom stereocenters. The van der Waals surface area contributed by atoms with Crippen LogP contribution in [0.15, 0.2) is 24.3 Å². The van der Waals surface area contributed by atoms with E-state index in [0.717, 1.165) is 14.2 Å². The van der Waals surface area contributed by atoms with Crippen molar-refractivity contribution >= 4 is 29.9 Å². The molecule has 0 radical (unpaired) electrons. The van der Waals surface area contributed by atoms with Crippen LogP contribution in [0.25, 0.3) is 11.1 Å². The Morgan fingerprint density at radius 2 is 1.36 bits per heavy atom. The molecule has 0 saturated heterocycles. The Hall–Kier alpha value is -3.82. The van der Waals surface area contributed by atoms with Crippen molar-refractivity contribution in [1.82, 2.24) is 0 Å². The van der Waals surface area contributed by atoms with Gasteiger partial charge in [0, 0.05) is 18.1 Å². The van der Waals surface area contributed by atoms with Crippen molar-refractivity contribution in [3.05, 3.63) is 29.8 Å². The van der Waals surface area contributed by atoms with Crippen LogP contribution in [0.5, 0.6) is 11.5 Å². The van der Waals surface area contributed by atoms with Gasteiger partial charge in [-0.1, -0.05) is 24.3 Å². The van der Waals surface area contributed by atoms with Gasteiger partial charge in [0.05, 0.1) is 20.6 Å². The molecule has 0 bridgehead atoms. The highest BCUT2D eigenvalue weighted by Crippen LogP contribution is 2.52. The molecular weight excluding hydrogens is 374 g/mol. The van der Waals surface area contributed by atoms with Gasteiger partial charge in [-0.15, -0.1) is 0 Å². The van der Waals surface area contributed by atoms with Crippen LogP contribution in [0.2, 0.25) is 0 Å². The van der Waals surface area contributed by atoms with E-state index in [-0.39, 0.29) is 34.7 Å². The van der Waals surface area contributed by atoms with Crippen molar-refractivity contribution < 1.29 is 43.2 Å². The number of carboxylic acid groups (broad SMARTS) is 1. The highest BCUT2D eigenvalue weighted by molar-refractivity contribution is 6.02. The minimum absolute atomic E-state index is 0.0794. The van der Waals surface area contributed by atoms with Crippen LogP contribution >= 0.6 is 0 Å². The summed E-state index contributed by atoms with van der Waals surface area (Å²) in [6.07, 6.45) is -2.39. The highest BCUT2D eigenvalue weighted by atomic mass is 16.7. The van der Waals surface area contributed by atoms with Gasteiger partial charge in [0.2, 0.25) is 5.91 Å². The maximum atomic E-state index is 11.7. The maximum absolute atomic E-state index is 11.7. The number of nitrogens with one attached hydrogen (secondary N) is 1. The van der Waals surface area contributed by atoms with E-state index in [9.17, 15) is 19.2 Å². The zero-order chi connectivity index (χ0) is 20.8. The van der Waals surface area contributed by atoms with E-state index >= 15 is 0 Å². The molecule has 0 saturated carbocycles. The molecular formula is C18H17NO9. The predicted octanol–water partition coefficient (Wildman–Crippen LogP) is 2.67. The average Bonchev–Trinajstić information content (AvgIpc) is 2.77. The number of hydrogen-bond acceptors (Lipinski definition) is 8. The summed E-state index contributed by atoms with van der Waals surface area (Å²) in [6, 6.07) is 5.95. The van der Waals surface area contributed by atoms with E-state index in [1.165, 1.54) is 31.2 Å². The summed E-state index contributed by atoms with van der Waals surface area (Å²) in [4.78, 5) is 45.9. The van der Waals surface area contributed by atoms with Crippen LogP contribution in [0, 0.1) is 0 Å². The number of aliphatic carboxylic acids is 1. The van der Waals surface area contributed by atoms with Gasteiger partial charge in [0.1, 0.15) is 5.69 Å². The lowest BCUT2D eigenvalue weighted by Crippen LogP contribution is -2.13. The molecule has 10 nitrogen and oxygen atoms in total. The van der Waals surface area contributed by atoms with Crippen molar-refractivity contribution in [2.75, 3.05) is 19.5 Å².